The van der Waals surface area contributed by atoms with Crippen LogP contribution < -0.4 is 0 Å². The minimum atomic E-state index is -1.85. The quantitative estimate of drug-likeness (QED) is 0.615. The summed E-state index contributed by atoms with van der Waals surface area (Å²) in [5.74, 6) is -1.20. The highest BCUT2D eigenvalue weighted by Gasteiger charge is 2.42. The highest BCUT2D eigenvalue weighted by atomic mass is 16.4. The lowest BCUT2D eigenvalue weighted by molar-refractivity contribution is -0.137. The fourth-order valence-electron chi connectivity index (χ4n) is 1.29. The van der Waals surface area contributed by atoms with Crippen molar-refractivity contribution in [3.05, 3.63) is 0 Å². The first-order valence-electron chi connectivity index (χ1n) is 5.31. The van der Waals surface area contributed by atoms with Crippen molar-refractivity contribution in [2.24, 2.45) is 0 Å². The van der Waals surface area contributed by atoms with E-state index in [0.717, 1.165) is 4.81 Å². The maximum Gasteiger partial charge on any atom is 0.302 e. The Morgan fingerprint density at radius 3 is 1.94 bits per heavy atom. The molecule has 1 N–H and O–H groups in total. The largest absolute Gasteiger partial charge is 0.481 e. The maximum atomic E-state index is 10.7. The fourth-order valence-corrected chi connectivity index (χ4v) is 1.29. The predicted molar refractivity (Wildman–Crippen MR) is 72.7 cm³/mol. The van der Waals surface area contributed by atoms with Crippen molar-refractivity contribution in [3.8, 4) is 0 Å². The van der Waals surface area contributed by atoms with Gasteiger partial charge in [-0.15, -0.1) is 0 Å². The van der Waals surface area contributed by atoms with E-state index < -0.39 is 28.5 Å². The van der Waals surface area contributed by atoms with E-state index in [1.165, 1.54) is 0 Å². The molecule has 10 radical (unpaired) electrons. The first-order valence-corrected chi connectivity index (χ1v) is 5.31. The van der Waals surface area contributed by atoms with Gasteiger partial charge >= 0.3 is 5.97 Å². The second-order valence-electron chi connectivity index (χ2n) is 4.97. The van der Waals surface area contributed by atoms with Gasteiger partial charge in [0.2, 0.25) is 0 Å². The number of aliphatic carboxylic acids is 1. The second kappa shape index (κ2) is 5.17. The number of hydrogen-bond donors (Lipinski definition) is 1. The summed E-state index contributed by atoms with van der Waals surface area (Å²) in [6.07, 6.45) is 0.0519. The highest BCUT2D eigenvalue weighted by Crippen LogP contribution is 2.38. The molecule has 0 atom stereocenters. The molecular weight excluding hydrogens is 208 g/mol. The monoisotopic (exact) mass is 223 g/mol. The molecule has 0 aliphatic heterocycles. The molecule has 0 fully saturated rings. The van der Waals surface area contributed by atoms with Crippen LogP contribution in [0, 0.1) is 0 Å². The third-order valence-corrected chi connectivity index (χ3v) is 3.11. The molecule has 17 heavy (non-hydrogen) atoms. The first kappa shape index (κ1) is 16.8. The molecule has 0 unspecified atom stereocenters. The zero-order valence-corrected chi connectivity index (χ0v) is 10.6. The zero-order chi connectivity index (χ0) is 14.1. The maximum absolute atomic E-state index is 10.7. The summed E-state index contributed by atoms with van der Waals surface area (Å²) in [6, 6.07) is 0. The van der Waals surface area contributed by atoms with E-state index in [0.29, 0.717) is 6.42 Å². The topological polar surface area (TPSA) is 40.5 Å². The van der Waals surface area contributed by atoms with Gasteiger partial charge in [0.25, 0.3) is 0 Å². The summed E-state index contributed by atoms with van der Waals surface area (Å²) in [6.45, 7) is 5.50. The van der Waals surface area contributed by atoms with Gasteiger partial charge in [-0.2, -0.15) is 0 Å². The van der Waals surface area contributed by atoms with E-state index in [4.69, 9.17) is 44.5 Å². The lowest BCUT2D eigenvalue weighted by Gasteiger charge is -2.56. The normalized spacial score (nSPS) is 13.9. The molecule has 3 nitrogen and oxygen atoms in total. The lowest BCUT2D eigenvalue weighted by atomic mass is 9.31. The van der Waals surface area contributed by atoms with Gasteiger partial charge in [0.1, 0.15) is 0 Å². The Hall–Kier alpha value is -0.245. The van der Waals surface area contributed by atoms with Crippen molar-refractivity contribution >= 4 is 45.3 Å². The van der Waals surface area contributed by atoms with E-state index in [1.54, 1.807) is 13.8 Å². The summed E-state index contributed by atoms with van der Waals surface area (Å²) >= 11 is 0. The van der Waals surface area contributed by atoms with E-state index in [9.17, 15) is 4.79 Å². The van der Waals surface area contributed by atoms with Gasteiger partial charge in [-0.05, 0) is 20.3 Å². The smallest absolute Gasteiger partial charge is 0.302 e. The molecule has 8 heteroatoms. The van der Waals surface area contributed by atoms with Gasteiger partial charge in [0, 0.05) is 12.0 Å². The Balaban J connectivity index is 5.18. The summed E-state index contributed by atoms with van der Waals surface area (Å²) in [7, 11) is 28.8. The number of carboxylic acids is 1. The van der Waals surface area contributed by atoms with Crippen molar-refractivity contribution in [2.45, 2.75) is 49.7 Å². The molecule has 0 aliphatic carbocycles. The van der Waals surface area contributed by atoms with Crippen molar-refractivity contribution in [2.75, 3.05) is 0 Å². The summed E-state index contributed by atoms with van der Waals surface area (Å²) in [5.41, 5.74) is -0.563. The summed E-state index contributed by atoms with van der Waals surface area (Å²) in [4.78, 5) is 11.8. The van der Waals surface area contributed by atoms with Crippen LogP contribution in [0.4, 0.5) is 0 Å². The van der Waals surface area contributed by atoms with E-state index in [2.05, 4.69) is 0 Å². The van der Waals surface area contributed by atoms with Gasteiger partial charge in [0.15, 0.2) is 7.98 Å². The van der Waals surface area contributed by atoms with E-state index >= 15 is 0 Å². The molecule has 0 spiro atoms. The molecule has 0 aromatic rings. The Kier molecular flexibility index (Phi) is 5.10. The van der Waals surface area contributed by atoms with Crippen LogP contribution in [0.1, 0.15) is 33.6 Å². The van der Waals surface area contributed by atoms with Crippen LogP contribution in [-0.4, -0.2) is 66.1 Å². The third-order valence-electron chi connectivity index (χ3n) is 3.11. The summed E-state index contributed by atoms with van der Waals surface area (Å²) < 4.78 is 0. The molecule has 0 aromatic heterocycles. The molecule has 0 amide bonds. The molecule has 0 aromatic carbocycles. The molecule has 0 bridgehead atoms. The van der Waals surface area contributed by atoms with E-state index in [-0.39, 0.29) is 0 Å². The average Bonchev–Trinajstić information content (AvgIpc) is 2.14. The average molecular weight is 222 g/mol. The Morgan fingerprint density at radius 1 is 1.24 bits per heavy atom. The first-order chi connectivity index (χ1) is 7.38. The Labute approximate surface area is 110 Å². The number of hydrogen-bond acceptors (Lipinski definition) is 2. The highest BCUT2D eigenvalue weighted by molar-refractivity contribution is 6.55. The SMILES string of the molecule is [B]N(C(C)(C)CC)C([B])([B])C([B])([B])CC(=O)O. The lowest BCUT2D eigenvalue weighted by Crippen LogP contribution is -2.64. The second-order valence-corrected chi connectivity index (χ2v) is 4.97. The van der Waals surface area contributed by atoms with Crippen LogP contribution in [0.15, 0.2) is 0 Å². The van der Waals surface area contributed by atoms with E-state index in [1.807, 2.05) is 6.92 Å². The van der Waals surface area contributed by atoms with Crippen LogP contribution in [0.25, 0.3) is 0 Å². The van der Waals surface area contributed by atoms with Crippen LogP contribution in [-0.2, 0) is 4.79 Å². The van der Waals surface area contributed by atoms with Crippen molar-refractivity contribution in [1.29, 1.82) is 0 Å². The minimum absolute atomic E-state index is 0.563. The van der Waals surface area contributed by atoms with Crippen LogP contribution in [0.5, 0.6) is 0 Å². The third kappa shape index (κ3) is 3.60. The molecule has 0 saturated carbocycles. The van der Waals surface area contributed by atoms with Gasteiger partial charge in [-0.3, -0.25) is 4.79 Å². The van der Waals surface area contributed by atoms with Gasteiger partial charge in [0.05, 0.1) is 31.4 Å². The minimum Gasteiger partial charge on any atom is -0.481 e. The number of carbonyl (C=O) groups is 1. The fraction of sp³-hybridized carbons (Fsp3) is 0.889. The Bertz CT molecular complexity index is 293. The molecule has 0 saturated heterocycles. The zero-order valence-electron chi connectivity index (χ0n) is 10.6. The standard InChI is InChI=1S/C9H14B5NO2/c1-4-7(2,3)15(14)9(12,13)8(10,11)5-6(16)17/h4-5H2,1-3H3,(H,16,17). The van der Waals surface area contributed by atoms with Crippen molar-refractivity contribution in [1.82, 2.24) is 4.81 Å². The van der Waals surface area contributed by atoms with Gasteiger partial charge < -0.3 is 9.92 Å². The van der Waals surface area contributed by atoms with Crippen LogP contribution in [0.3, 0.4) is 0 Å². The number of carboxylic acid groups (broad SMARTS) is 1. The molecule has 82 valence electrons. The number of nitrogens with zero attached hydrogens (tertiary/aromatic N) is 1. The molecular formula is C9H14B5NO2. The molecule has 0 aliphatic rings. The molecule has 0 rings (SSSR count). The predicted octanol–water partition coefficient (Wildman–Crippen LogP) is -0.521. The molecule has 0 heterocycles. The van der Waals surface area contributed by atoms with Gasteiger partial charge in [-0.1, -0.05) is 17.5 Å². The Morgan fingerprint density at radius 2 is 1.65 bits per heavy atom. The van der Waals surface area contributed by atoms with Crippen molar-refractivity contribution in [3.63, 3.8) is 0 Å². The van der Waals surface area contributed by atoms with Crippen molar-refractivity contribution < 1.29 is 9.90 Å². The van der Waals surface area contributed by atoms with Gasteiger partial charge in [-0.25, -0.2) is 0 Å². The van der Waals surface area contributed by atoms with Crippen LogP contribution >= 0.6 is 0 Å². The van der Waals surface area contributed by atoms with Crippen LogP contribution in [0.2, 0.25) is 5.21 Å². The summed E-state index contributed by atoms with van der Waals surface area (Å²) in [5, 5.41) is 5.03. The number of rotatable bonds is 6.